The maximum absolute atomic E-state index is 12.1. The van der Waals surface area contributed by atoms with Gasteiger partial charge in [0.1, 0.15) is 5.60 Å². The lowest BCUT2D eigenvalue weighted by Crippen LogP contribution is -2.60. The normalized spacial score (nSPS) is 30.1. The average molecular weight is 242 g/mol. The summed E-state index contributed by atoms with van der Waals surface area (Å²) in [4.78, 5) is 12.1. The first-order valence-electron chi connectivity index (χ1n) is 6.43. The summed E-state index contributed by atoms with van der Waals surface area (Å²) in [7, 11) is 1.55. The summed E-state index contributed by atoms with van der Waals surface area (Å²) in [5.74, 6) is 0.554. The zero-order valence-corrected chi connectivity index (χ0v) is 11.5. The lowest BCUT2D eigenvalue weighted by atomic mass is 9.76. The van der Waals surface area contributed by atoms with E-state index in [0.29, 0.717) is 12.5 Å². The molecule has 0 bridgehead atoms. The maximum atomic E-state index is 12.1. The van der Waals surface area contributed by atoms with Gasteiger partial charge in [0, 0.05) is 13.7 Å². The van der Waals surface area contributed by atoms with Crippen molar-refractivity contribution in [3.05, 3.63) is 0 Å². The quantitative estimate of drug-likeness (QED) is 0.784. The monoisotopic (exact) mass is 242 g/mol. The van der Waals surface area contributed by atoms with E-state index in [4.69, 9.17) is 10.5 Å². The number of hydrogen-bond acceptors (Lipinski definition) is 3. The molecule has 2 unspecified atom stereocenters. The Balaban J connectivity index is 2.72. The van der Waals surface area contributed by atoms with Gasteiger partial charge in [0.2, 0.25) is 0 Å². The zero-order valence-electron chi connectivity index (χ0n) is 11.5. The summed E-state index contributed by atoms with van der Waals surface area (Å²) in [6.07, 6.45) is 4.30. The second kappa shape index (κ2) is 5.36. The largest absolute Gasteiger partial charge is 0.369 e. The van der Waals surface area contributed by atoms with Crippen LogP contribution in [-0.2, 0) is 9.53 Å². The van der Waals surface area contributed by atoms with Crippen LogP contribution in [0.5, 0.6) is 0 Å². The fraction of sp³-hybridized carbons (Fsp3) is 0.923. The zero-order chi connectivity index (χ0) is 13.1. The summed E-state index contributed by atoms with van der Waals surface area (Å²) in [5.41, 5.74) is 4.86. The van der Waals surface area contributed by atoms with E-state index in [9.17, 15) is 4.79 Å². The Hall–Kier alpha value is -0.610. The van der Waals surface area contributed by atoms with Gasteiger partial charge >= 0.3 is 0 Å². The highest BCUT2D eigenvalue weighted by molar-refractivity contribution is 5.85. The van der Waals surface area contributed by atoms with Crippen molar-refractivity contribution in [2.45, 2.75) is 57.6 Å². The molecule has 0 spiro atoms. The third kappa shape index (κ3) is 3.42. The van der Waals surface area contributed by atoms with E-state index in [-0.39, 0.29) is 11.4 Å². The van der Waals surface area contributed by atoms with Gasteiger partial charge in [-0.1, -0.05) is 19.8 Å². The molecule has 0 aromatic heterocycles. The summed E-state index contributed by atoms with van der Waals surface area (Å²) in [6, 6.07) is 0. The van der Waals surface area contributed by atoms with Gasteiger partial charge in [0.15, 0.2) is 0 Å². The minimum absolute atomic E-state index is 0.0699. The van der Waals surface area contributed by atoms with Crippen LogP contribution in [0.2, 0.25) is 0 Å². The van der Waals surface area contributed by atoms with Crippen molar-refractivity contribution in [2.24, 2.45) is 11.7 Å². The Morgan fingerprint density at radius 1 is 1.59 bits per heavy atom. The molecule has 0 radical (unpaired) electrons. The highest BCUT2D eigenvalue weighted by atomic mass is 16.5. The summed E-state index contributed by atoms with van der Waals surface area (Å²) in [5, 5.41) is 3.11. The molecule has 17 heavy (non-hydrogen) atoms. The molecule has 1 fully saturated rings. The highest BCUT2D eigenvalue weighted by Crippen LogP contribution is 2.32. The lowest BCUT2D eigenvalue weighted by Gasteiger charge is -2.41. The van der Waals surface area contributed by atoms with Gasteiger partial charge in [-0.15, -0.1) is 0 Å². The van der Waals surface area contributed by atoms with Crippen LogP contribution < -0.4 is 11.1 Å². The third-order valence-corrected chi connectivity index (χ3v) is 3.92. The number of carbonyl (C=O) groups is 1. The fourth-order valence-corrected chi connectivity index (χ4v) is 2.49. The topological polar surface area (TPSA) is 64.3 Å². The molecule has 0 aromatic rings. The molecule has 4 heteroatoms. The number of hydrogen-bond donors (Lipinski definition) is 2. The number of ether oxygens (including phenoxy) is 1. The minimum Gasteiger partial charge on any atom is -0.369 e. The molecule has 1 aliphatic carbocycles. The van der Waals surface area contributed by atoms with Crippen LogP contribution in [-0.4, -0.2) is 30.7 Å². The van der Waals surface area contributed by atoms with Crippen LogP contribution in [0.15, 0.2) is 0 Å². The van der Waals surface area contributed by atoms with Crippen molar-refractivity contribution in [3.63, 3.8) is 0 Å². The van der Waals surface area contributed by atoms with E-state index in [1.807, 2.05) is 0 Å². The van der Waals surface area contributed by atoms with E-state index in [1.54, 1.807) is 21.0 Å². The molecular formula is C13H26N2O2. The molecule has 0 saturated heterocycles. The van der Waals surface area contributed by atoms with Crippen molar-refractivity contribution in [1.29, 1.82) is 0 Å². The van der Waals surface area contributed by atoms with Crippen LogP contribution >= 0.6 is 0 Å². The molecule has 3 N–H and O–H groups in total. The third-order valence-electron chi connectivity index (χ3n) is 3.92. The number of nitrogens with two attached hydrogens (primary N) is 1. The summed E-state index contributed by atoms with van der Waals surface area (Å²) in [6.45, 7) is 6.28. The standard InChI is InChI=1S/C13H26N2O2/c1-10-6-5-7-13(8-10,9-14)15-11(16)12(2,3)17-4/h10H,5-9,14H2,1-4H3,(H,15,16). The van der Waals surface area contributed by atoms with Crippen LogP contribution in [0.4, 0.5) is 0 Å². The predicted molar refractivity (Wildman–Crippen MR) is 68.6 cm³/mol. The van der Waals surface area contributed by atoms with Gasteiger partial charge in [-0.25, -0.2) is 0 Å². The molecule has 1 aliphatic rings. The molecule has 1 amide bonds. The second-order valence-corrected chi connectivity index (χ2v) is 5.85. The first-order valence-corrected chi connectivity index (χ1v) is 6.43. The molecular weight excluding hydrogens is 216 g/mol. The molecule has 0 aliphatic heterocycles. The van der Waals surface area contributed by atoms with Crippen LogP contribution in [0.1, 0.15) is 46.5 Å². The van der Waals surface area contributed by atoms with Gasteiger partial charge in [-0.3, -0.25) is 4.79 Å². The average Bonchev–Trinajstić information content (AvgIpc) is 2.29. The molecule has 1 saturated carbocycles. The molecule has 100 valence electrons. The molecule has 0 heterocycles. The van der Waals surface area contributed by atoms with Gasteiger partial charge < -0.3 is 15.8 Å². The smallest absolute Gasteiger partial charge is 0.252 e. The summed E-state index contributed by atoms with van der Waals surface area (Å²) < 4.78 is 5.20. The van der Waals surface area contributed by atoms with Crippen molar-refractivity contribution in [2.75, 3.05) is 13.7 Å². The van der Waals surface area contributed by atoms with E-state index < -0.39 is 5.60 Å². The van der Waals surface area contributed by atoms with Crippen LogP contribution in [0.25, 0.3) is 0 Å². The number of rotatable bonds is 4. The Kier molecular flexibility index (Phi) is 4.55. The molecule has 0 aromatic carbocycles. The van der Waals surface area contributed by atoms with Gasteiger partial charge in [-0.05, 0) is 32.6 Å². The first-order chi connectivity index (χ1) is 7.85. The number of methoxy groups -OCH3 is 1. The fourth-order valence-electron chi connectivity index (χ4n) is 2.49. The van der Waals surface area contributed by atoms with Crippen molar-refractivity contribution >= 4 is 5.91 Å². The summed E-state index contributed by atoms with van der Waals surface area (Å²) >= 11 is 0. The minimum atomic E-state index is -0.789. The van der Waals surface area contributed by atoms with Crippen molar-refractivity contribution in [3.8, 4) is 0 Å². The van der Waals surface area contributed by atoms with Crippen molar-refractivity contribution < 1.29 is 9.53 Å². The van der Waals surface area contributed by atoms with Gasteiger partial charge in [-0.2, -0.15) is 0 Å². The Bertz CT molecular complexity index is 279. The van der Waals surface area contributed by atoms with Crippen molar-refractivity contribution in [1.82, 2.24) is 5.32 Å². The number of amides is 1. The van der Waals surface area contributed by atoms with Gasteiger partial charge in [0.25, 0.3) is 5.91 Å². The Morgan fingerprint density at radius 2 is 2.24 bits per heavy atom. The lowest BCUT2D eigenvalue weighted by molar-refractivity contribution is -0.142. The Labute approximate surface area is 104 Å². The van der Waals surface area contributed by atoms with E-state index in [0.717, 1.165) is 19.3 Å². The molecule has 1 rings (SSSR count). The Morgan fingerprint density at radius 3 is 2.71 bits per heavy atom. The number of carbonyl (C=O) groups excluding carboxylic acids is 1. The molecule has 4 nitrogen and oxygen atoms in total. The van der Waals surface area contributed by atoms with Crippen LogP contribution in [0, 0.1) is 5.92 Å². The van der Waals surface area contributed by atoms with Crippen LogP contribution in [0.3, 0.4) is 0 Å². The van der Waals surface area contributed by atoms with E-state index in [2.05, 4.69) is 12.2 Å². The second-order valence-electron chi connectivity index (χ2n) is 5.85. The SMILES string of the molecule is COC(C)(C)C(=O)NC1(CN)CCCC(C)C1. The van der Waals surface area contributed by atoms with E-state index >= 15 is 0 Å². The maximum Gasteiger partial charge on any atom is 0.252 e. The van der Waals surface area contributed by atoms with E-state index in [1.165, 1.54) is 6.42 Å². The van der Waals surface area contributed by atoms with Gasteiger partial charge in [0.05, 0.1) is 5.54 Å². The molecule has 2 atom stereocenters. The number of nitrogens with one attached hydrogen (secondary N) is 1. The first kappa shape index (κ1) is 14.5. The highest BCUT2D eigenvalue weighted by Gasteiger charge is 2.38. The predicted octanol–water partition coefficient (Wildman–Crippen LogP) is 1.44.